The summed E-state index contributed by atoms with van der Waals surface area (Å²) in [5.74, 6) is 0.986. The predicted molar refractivity (Wildman–Crippen MR) is 94.9 cm³/mol. The molecule has 1 aromatic rings. The lowest BCUT2D eigenvalue weighted by Gasteiger charge is -2.36. The van der Waals surface area contributed by atoms with E-state index in [0.717, 1.165) is 19.0 Å². The zero-order valence-electron chi connectivity index (χ0n) is 13.1. The number of halogens is 2. The van der Waals surface area contributed by atoms with Crippen molar-refractivity contribution in [2.24, 2.45) is 5.92 Å². The van der Waals surface area contributed by atoms with Gasteiger partial charge in [-0.15, -0.1) is 24.8 Å². The molecular formula is C17H28Cl2N2. The van der Waals surface area contributed by atoms with Crippen molar-refractivity contribution in [2.45, 2.75) is 39.2 Å². The van der Waals surface area contributed by atoms with Crippen LogP contribution in [0.5, 0.6) is 0 Å². The van der Waals surface area contributed by atoms with Crippen LogP contribution in [0.4, 0.5) is 0 Å². The summed E-state index contributed by atoms with van der Waals surface area (Å²) in [5, 5.41) is 3.47. The van der Waals surface area contributed by atoms with Gasteiger partial charge in [0.2, 0.25) is 0 Å². The van der Waals surface area contributed by atoms with Gasteiger partial charge in [0, 0.05) is 32.2 Å². The fraction of sp³-hybridized carbons (Fsp3) is 0.647. The second kappa shape index (κ2) is 8.38. The zero-order valence-corrected chi connectivity index (χ0v) is 14.7. The standard InChI is InChI=1S/C17H26N2.2ClH/c1-13-4-3-5-16(14(13)2)17(12-15-6-7-15)19-10-8-18-9-11-19;;/h3-5,15,17-18H,6-12H2,1-2H3;2*1H/t17-;;/m1../s1. The highest BCUT2D eigenvalue weighted by atomic mass is 35.5. The van der Waals surface area contributed by atoms with E-state index in [0.29, 0.717) is 6.04 Å². The molecule has 0 radical (unpaired) electrons. The molecule has 1 atom stereocenters. The van der Waals surface area contributed by atoms with Gasteiger partial charge in [0.1, 0.15) is 0 Å². The molecule has 1 aromatic carbocycles. The predicted octanol–water partition coefficient (Wildman–Crippen LogP) is 3.89. The Morgan fingerprint density at radius 3 is 2.43 bits per heavy atom. The van der Waals surface area contributed by atoms with Crippen LogP contribution < -0.4 is 5.32 Å². The lowest BCUT2D eigenvalue weighted by molar-refractivity contribution is 0.160. The molecule has 1 aliphatic carbocycles. The van der Waals surface area contributed by atoms with E-state index in [-0.39, 0.29) is 24.8 Å². The zero-order chi connectivity index (χ0) is 13.2. The first-order valence-corrected chi connectivity index (χ1v) is 7.76. The number of piperazine rings is 1. The summed E-state index contributed by atoms with van der Waals surface area (Å²) in [6, 6.07) is 7.48. The van der Waals surface area contributed by atoms with E-state index >= 15 is 0 Å². The van der Waals surface area contributed by atoms with Gasteiger partial charge in [0.05, 0.1) is 0 Å². The van der Waals surface area contributed by atoms with Crippen molar-refractivity contribution < 1.29 is 0 Å². The Kier molecular flexibility index (Phi) is 7.49. The third-order valence-electron chi connectivity index (χ3n) is 4.85. The molecule has 4 heteroatoms. The number of rotatable bonds is 4. The second-order valence-electron chi connectivity index (χ2n) is 6.27. The minimum absolute atomic E-state index is 0. The summed E-state index contributed by atoms with van der Waals surface area (Å²) in [7, 11) is 0. The van der Waals surface area contributed by atoms with Crippen LogP contribution in [0.25, 0.3) is 0 Å². The van der Waals surface area contributed by atoms with E-state index in [1.54, 1.807) is 5.56 Å². The van der Waals surface area contributed by atoms with Gasteiger partial charge in [0.15, 0.2) is 0 Å². The van der Waals surface area contributed by atoms with Crippen LogP contribution >= 0.6 is 24.8 Å². The fourth-order valence-corrected chi connectivity index (χ4v) is 3.27. The number of hydrogen-bond donors (Lipinski definition) is 1. The molecule has 120 valence electrons. The molecule has 2 nitrogen and oxygen atoms in total. The van der Waals surface area contributed by atoms with Crippen molar-refractivity contribution >= 4 is 24.8 Å². The van der Waals surface area contributed by atoms with Gasteiger partial charge in [0.25, 0.3) is 0 Å². The Morgan fingerprint density at radius 2 is 1.81 bits per heavy atom. The van der Waals surface area contributed by atoms with Gasteiger partial charge < -0.3 is 5.32 Å². The minimum Gasteiger partial charge on any atom is -0.314 e. The first-order chi connectivity index (χ1) is 9.25. The van der Waals surface area contributed by atoms with Crippen molar-refractivity contribution in [2.75, 3.05) is 26.2 Å². The van der Waals surface area contributed by atoms with Gasteiger partial charge in [-0.1, -0.05) is 31.0 Å². The molecule has 0 amide bonds. The molecule has 3 rings (SSSR count). The summed E-state index contributed by atoms with van der Waals surface area (Å²) < 4.78 is 0. The van der Waals surface area contributed by atoms with Crippen LogP contribution in [0.1, 0.15) is 42.0 Å². The number of hydrogen-bond acceptors (Lipinski definition) is 2. The first kappa shape index (κ1) is 18.8. The molecule has 1 heterocycles. The van der Waals surface area contributed by atoms with Gasteiger partial charge in [-0.3, -0.25) is 4.90 Å². The molecule has 1 N–H and O–H groups in total. The Morgan fingerprint density at radius 1 is 1.14 bits per heavy atom. The van der Waals surface area contributed by atoms with Crippen LogP contribution in [0, 0.1) is 19.8 Å². The molecule has 0 spiro atoms. The van der Waals surface area contributed by atoms with E-state index in [9.17, 15) is 0 Å². The number of nitrogens with zero attached hydrogens (tertiary/aromatic N) is 1. The van der Waals surface area contributed by atoms with E-state index in [2.05, 4.69) is 42.3 Å². The van der Waals surface area contributed by atoms with Crippen molar-refractivity contribution in [3.63, 3.8) is 0 Å². The van der Waals surface area contributed by atoms with Crippen molar-refractivity contribution in [3.05, 3.63) is 34.9 Å². The van der Waals surface area contributed by atoms with Gasteiger partial charge >= 0.3 is 0 Å². The third kappa shape index (κ3) is 4.59. The van der Waals surface area contributed by atoms with E-state index in [1.165, 1.54) is 43.5 Å². The summed E-state index contributed by atoms with van der Waals surface area (Å²) in [5.41, 5.74) is 4.52. The lowest BCUT2D eigenvalue weighted by Crippen LogP contribution is -2.45. The minimum atomic E-state index is 0. The second-order valence-corrected chi connectivity index (χ2v) is 6.27. The molecule has 2 aliphatic rings. The van der Waals surface area contributed by atoms with E-state index in [4.69, 9.17) is 0 Å². The molecule has 21 heavy (non-hydrogen) atoms. The summed E-state index contributed by atoms with van der Waals surface area (Å²) in [4.78, 5) is 2.70. The third-order valence-corrected chi connectivity index (χ3v) is 4.85. The molecule has 1 saturated carbocycles. The van der Waals surface area contributed by atoms with Crippen LogP contribution in [0.2, 0.25) is 0 Å². The maximum atomic E-state index is 3.47. The van der Waals surface area contributed by atoms with Crippen LogP contribution in [-0.4, -0.2) is 31.1 Å². The molecule has 1 saturated heterocycles. The van der Waals surface area contributed by atoms with Crippen LogP contribution in [-0.2, 0) is 0 Å². The SMILES string of the molecule is Cc1cccc([C@@H](CC2CC2)N2CCNCC2)c1C.Cl.Cl. The Hall–Kier alpha value is -0.280. The molecule has 1 aliphatic heterocycles. The van der Waals surface area contributed by atoms with Crippen molar-refractivity contribution in [1.82, 2.24) is 10.2 Å². The molecule has 2 fully saturated rings. The van der Waals surface area contributed by atoms with Gasteiger partial charge in [-0.25, -0.2) is 0 Å². The smallest absolute Gasteiger partial charge is 0.0354 e. The highest BCUT2D eigenvalue weighted by Crippen LogP contribution is 2.41. The largest absolute Gasteiger partial charge is 0.314 e. The van der Waals surface area contributed by atoms with Crippen molar-refractivity contribution in [1.29, 1.82) is 0 Å². The molecule has 0 bridgehead atoms. The maximum absolute atomic E-state index is 3.47. The van der Waals surface area contributed by atoms with Gasteiger partial charge in [-0.05, 0) is 42.9 Å². The average Bonchev–Trinajstić information content (AvgIpc) is 3.25. The lowest BCUT2D eigenvalue weighted by atomic mass is 9.92. The Bertz CT molecular complexity index is 440. The molecule has 0 unspecified atom stereocenters. The number of benzene rings is 1. The summed E-state index contributed by atoms with van der Waals surface area (Å²) in [6.07, 6.45) is 4.27. The monoisotopic (exact) mass is 330 g/mol. The van der Waals surface area contributed by atoms with Crippen LogP contribution in [0.15, 0.2) is 18.2 Å². The maximum Gasteiger partial charge on any atom is 0.0354 e. The quantitative estimate of drug-likeness (QED) is 0.900. The molecule has 0 aromatic heterocycles. The Balaban J connectivity index is 0.00000110. The van der Waals surface area contributed by atoms with E-state index in [1.807, 2.05) is 0 Å². The average molecular weight is 331 g/mol. The number of aryl methyl sites for hydroxylation is 1. The highest BCUT2D eigenvalue weighted by molar-refractivity contribution is 5.85. The number of nitrogens with one attached hydrogen (secondary N) is 1. The fourth-order valence-electron chi connectivity index (χ4n) is 3.27. The van der Waals surface area contributed by atoms with Gasteiger partial charge in [-0.2, -0.15) is 0 Å². The normalized spacial score (nSPS) is 20.3. The van der Waals surface area contributed by atoms with Crippen molar-refractivity contribution in [3.8, 4) is 0 Å². The van der Waals surface area contributed by atoms with Crippen LogP contribution in [0.3, 0.4) is 0 Å². The summed E-state index contributed by atoms with van der Waals surface area (Å²) >= 11 is 0. The van der Waals surface area contributed by atoms with E-state index < -0.39 is 0 Å². The summed E-state index contributed by atoms with van der Waals surface area (Å²) in [6.45, 7) is 9.23. The topological polar surface area (TPSA) is 15.3 Å². The highest BCUT2D eigenvalue weighted by Gasteiger charge is 2.31. The molecular weight excluding hydrogens is 303 g/mol. The first-order valence-electron chi connectivity index (χ1n) is 7.76. The Labute approximate surface area is 141 Å².